The molecule has 4 rings (SSSR count). The first-order chi connectivity index (χ1) is 13.3. The second-order valence-corrected chi connectivity index (χ2v) is 7.28. The highest BCUT2D eigenvalue weighted by Gasteiger charge is 2.40. The van der Waals surface area contributed by atoms with Crippen LogP contribution in [-0.4, -0.2) is 31.0 Å². The summed E-state index contributed by atoms with van der Waals surface area (Å²) in [7, 11) is 1.18. The van der Waals surface area contributed by atoms with Gasteiger partial charge in [0.2, 0.25) is 0 Å². The van der Waals surface area contributed by atoms with Gasteiger partial charge in [-0.3, -0.25) is 4.79 Å². The molecule has 0 aromatic heterocycles. The summed E-state index contributed by atoms with van der Waals surface area (Å²) < 4.78 is 44.5. The van der Waals surface area contributed by atoms with Crippen molar-refractivity contribution >= 4 is 12.0 Å². The van der Waals surface area contributed by atoms with Gasteiger partial charge in [0.1, 0.15) is 5.75 Å². The van der Waals surface area contributed by atoms with Crippen molar-refractivity contribution in [2.75, 3.05) is 20.2 Å². The number of ether oxygens (including phenoxy) is 1. The van der Waals surface area contributed by atoms with Gasteiger partial charge < -0.3 is 9.64 Å². The molecule has 1 spiro atoms. The van der Waals surface area contributed by atoms with Crippen LogP contribution in [0.1, 0.15) is 39.9 Å². The van der Waals surface area contributed by atoms with Gasteiger partial charge in [0, 0.05) is 24.1 Å². The van der Waals surface area contributed by atoms with Crippen LogP contribution in [0, 0.1) is 0 Å². The van der Waals surface area contributed by atoms with E-state index in [1.807, 2.05) is 12.1 Å². The summed E-state index contributed by atoms with van der Waals surface area (Å²) in [5.74, 6) is -0.660. The van der Waals surface area contributed by atoms with Gasteiger partial charge in [0.25, 0.3) is 5.91 Å². The largest absolute Gasteiger partial charge is 0.496 e. The van der Waals surface area contributed by atoms with E-state index in [1.165, 1.54) is 30.4 Å². The molecular weight excluding hydrogens is 367 g/mol. The van der Waals surface area contributed by atoms with E-state index >= 15 is 0 Å². The van der Waals surface area contributed by atoms with Gasteiger partial charge >= 0.3 is 6.18 Å². The maximum atomic E-state index is 13.2. The Morgan fingerprint density at radius 3 is 2.50 bits per heavy atom. The monoisotopic (exact) mass is 387 g/mol. The van der Waals surface area contributed by atoms with E-state index in [4.69, 9.17) is 4.74 Å². The number of carbonyl (C=O) groups excluding carboxylic acids is 1. The molecule has 1 amide bonds. The lowest BCUT2D eigenvalue weighted by atomic mass is 9.74. The van der Waals surface area contributed by atoms with E-state index in [-0.39, 0.29) is 22.6 Å². The molecule has 6 heteroatoms. The lowest BCUT2D eigenvalue weighted by Crippen LogP contribution is -2.44. The van der Waals surface area contributed by atoms with Crippen molar-refractivity contribution in [3.8, 4) is 5.75 Å². The summed E-state index contributed by atoms with van der Waals surface area (Å²) in [6, 6.07) is 11.7. The average Bonchev–Trinajstić information content (AvgIpc) is 3.05. The molecular formula is C22H20F3NO2. The van der Waals surface area contributed by atoms with Gasteiger partial charge in [-0.1, -0.05) is 36.4 Å². The van der Waals surface area contributed by atoms with E-state index in [2.05, 4.69) is 24.3 Å². The molecule has 1 aliphatic carbocycles. The van der Waals surface area contributed by atoms with Gasteiger partial charge in [-0.2, -0.15) is 13.2 Å². The predicted octanol–water partition coefficient (Wildman–Crippen LogP) is 4.91. The number of halogens is 3. The minimum absolute atomic E-state index is 0.0337. The topological polar surface area (TPSA) is 29.5 Å². The quantitative estimate of drug-likeness (QED) is 0.732. The summed E-state index contributed by atoms with van der Waals surface area (Å²) >= 11 is 0. The zero-order valence-electron chi connectivity index (χ0n) is 15.4. The third-order valence-electron chi connectivity index (χ3n) is 5.77. The molecule has 1 heterocycles. The van der Waals surface area contributed by atoms with E-state index in [1.54, 1.807) is 4.90 Å². The first-order valence-corrected chi connectivity index (χ1v) is 9.17. The Hall–Kier alpha value is -2.76. The number of allylic oxidation sites excluding steroid dienone is 1. The van der Waals surface area contributed by atoms with Gasteiger partial charge in [-0.25, -0.2) is 0 Å². The van der Waals surface area contributed by atoms with E-state index < -0.39 is 11.7 Å². The maximum Gasteiger partial charge on any atom is 0.419 e. The molecule has 0 bridgehead atoms. The van der Waals surface area contributed by atoms with Gasteiger partial charge in [0.05, 0.1) is 12.7 Å². The van der Waals surface area contributed by atoms with Crippen LogP contribution in [0.3, 0.4) is 0 Å². The minimum Gasteiger partial charge on any atom is -0.496 e. The number of amides is 1. The highest BCUT2D eigenvalue weighted by molar-refractivity contribution is 5.94. The van der Waals surface area contributed by atoms with Crippen LogP contribution in [0.5, 0.6) is 5.75 Å². The van der Waals surface area contributed by atoms with Crippen molar-refractivity contribution in [2.45, 2.75) is 24.4 Å². The highest BCUT2D eigenvalue weighted by atomic mass is 19.4. The number of fused-ring (bicyclic) bond motifs is 2. The Kier molecular flexibility index (Phi) is 4.44. The number of nitrogens with zero attached hydrogens (tertiary/aromatic N) is 1. The van der Waals surface area contributed by atoms with Crippen molar-refractivity contribution in [2.24, 2.45) is 0 Å². The molecule has 0 N–H and O–H groups in total. The molecule has 2 aromatic rings. The van der Waals surface area contributed by atoms with Crippen LogP contribution >= 0.6 is 0 Å². The van der Waals surface area contributed by atoms with Gasteiger partial charge in [-0.15, -0.1) is 0 Å². The first-order valence-electron chi connectivity index (χ1n) is 9.17. The predicted molar refractivity (Wildman–Crippen MR) is 100 cm³/mol. The molecule has 2 aromatic carbocycles. The van der Waals surface area contributed by atoms with E-state index in [9.17, 15) is 18.0 Å². The Balaban J connectivity index is 1.53. The summed E-state index contributed by atoms with van der Waals surface area (Å²) in [5, 5.41) is 0. The third-order valence-corrected chi connectivity index (χ3v) is 5.77. The molecule has 1 fully saturated rings. The smallest absolute Gasteiger partial charge is 0.419 e. The molecule has 1 aliphatic heterocycles. The van der Waals surface area contributed by atoms with Crippen LogP contribution < -0.4 is 4.74 Å². The third kappa shape index (κ3) is 3.07. The first kappa shape index (κ1) is 18.6. The van der Waals surface area contributed by atoms with Crippen molar-refractivity contribution in [1.82, 2.24) is 4.90 Å². The van der Waals surface area contributed by atoms with Crippen molar-refractivity contribution in [3.05, 3.63) is 70.8 Å². The van der Waals surface area contributed by atoms with E-state index in [0.717, 1.165) is 18.9 Å². The number of hydrogen-bond donors (Lipinski definition) is 0. The zero-order chi connectivity index (χ0) is 19.9. The number of alkyl halides is 3. The Labute approximate surface area is 161 Å². The maximum absolute atomic E-state index is 13.2. The van der Waals surface area contributed by atoms with Crippen molar-refractivity contribution in [3.63, 3.8) is 0 Å². The van der Waals surface area contributed by atoms with Gasteiger partial charge in [0.15, 0.2) is 0 Å². The van der Waals surface area contributed by atoms with Crippen LogP contribution in [0.2, 0.25) is 0 Å². The van der Waals surface area contributed by atoms with Gasteiger partial charge in [-0.05, 0) is 42.2 Å². The van der Waals surface area contributed by atoms with Crippen LogP contribution in [0.15, 0.2) is 48.5 Å². The molecule has 0 saturated carbocycles. The fourth-order valence-corrected chi connectivity index (χ4v) is 4.22. The average molecular weight is 387 g/mol. The lowest BCUT2D eigenvalue weighted by molar-refractivity contribution is -0.138. The number of piperidine rings is 1. The number of carbonyl (C=O) groups is 1. The fraction of sp³-hybridized carbons (Fsp3) is 0.318. The molecule has 3 nitrogen and oxygen atoms in total. The molecule has 146 valence electrons. The summed E-state index contributed by atoms with van der Waals surface area (Å²) in [4.78, 5) is 14.5. The van der Waals surface area contributed by atoms with Crippen LogP contribution in [0.4, 0.5) is 13.2 Å². The number of rotatable bonds is 2. The Bertz CT molecular complexity index is 941. The number of methoxy groups -OCH3 is 1. The van der Waals surface area contributed by atoms with Crippen molar-refractivity contribution < 1.29 is 22.7 Å². The number of likely N-dealkylation sites (tertiary alicyclic amines) is 1. The Morgan fingerprint density at radius 2 is 1.82 bits per heavy atom. The summed E-state index contributed by atoms with van der Waals surface area (Å²) in [6.07, 6.45) is 1.26. The number of benzene rings is 2. The highest BCUT2D eigenvalue weighted by Crippen LogP contribution is 2.44. The van der Waals surface area contributed by atoms with Crippen LogP contribution in [0.25, 0.3) is 6.08 Å². The molecule has 0 unspecified atom stereocenters. The van der Waals surface area contributed by atoms with Crippen LogP contribution in [-0.2, 0) is 11.6 Å². The molecule has 2 aliphatic rings. The SMILES string of the molecule is COc1ccc(C(=O)N2CCC3(C=Cc4ccccc43)CC2)cc1C(F)(F)F. The lowest BCUT2D eigenvalue weighted by Gasteiger charge is -2.39. The normalized spacial score (nSPS) is 17.6. The molecule has 1 saturated heterocycles. The molecule has 0 radical (unpaired) electrons. The zero-order valence-corrected chi connectivity index (χ0v) is 15.4. The number of hydrogen-bond acceptors (Lipinski definition) is 2. The molecule has 0 atom stereocenters. The summed E-state index contributed by atoms with van der Waals surface area (Å²) in [5.41, 5.74) is 1.50. The fourth-order valence-electron chi connectivity index (χ4n) is 4.22. The van der Waals surface area contributed by atoms with Crippen molar-refractivity contribution in [1.29, 1.82) is 0 Å². The second kappa shape index (κ2) is 6.69. The molecule has 28 heavy (non-hydrogen) atoms. The summed E-state index contributed by atoms with van der Waals surface area (Å²) in [6.45, 7) is 1.01. The Morgan fingerprint density at radius 1 is 1.11 bits per heavy atom. The minimum atomic E-state index is -4.58. The standard InChI is InChI=1S/C22H20F3NO2/c1-28-19-7-6-16(14-18(19)22(23,24)25)20(27)26-12-10-21(11-13-26)9-8-15-4-2-3-5-17(15)21/h2-9,14H,10-13H2,1H3. The van der Waals surface area contributed by atoms with E-state index in [0.29, 0.717) is 13.1 Å². The second-order valence-electron chi connectivity index (χ2n) is 7.28.